The highest BCUT2D eigenvalue weighted by Gasteiger charge is 2.22. The molecule has 0 spiro atoms. The third kappa shape index (κ3) is 6.73. The van der Waals surface area contributed by atoms with Crippen LogP contribution >= 0.6 is 0 Å². The van der Waals surface area contributed by atoms with Gasteiger partial charge in [0.25, 0.3) is 0 Å². The monoisotopic (exact) mass is 560 g/mol. The van der Waals surface area contributed by atoms with E-state index in [2.05, 4.69) is 9.98 Å². The van der Waals surface area contributed by atoms with Crippen molar-refractivity contribution in [2.24, 2.45) is 32.9 Å². The van der Waals surface area contributed by atoms with Gasteiger partial charge >= 0.3 is 0 Å². The molecule has 0 aromatic heterocycles. The number of aliphatic imine (C=N–C) groups is 2. The second-order valence-electron chi connectivity index (χ2n) is 9.69. The second-order valence-corrected chi connectivity index (χ2v) is 9.69. The minimum atomic E-state index is -0.228. The van der Waals surface area contributed by atoms with Crippen LogP contribution in [0.1, 0.15) is 11.1 Å². The summed E-state index contributed by atoms with van der Waals surface area (Å²) in [6, 6.07) is 31.6. The van der Waals surface area contributed by atoms with E-state index in [4.69, 9.17) is 33.8 Å². The van der Waals surface area contributed by atoms with Gasteiger partial charge in [-0.2, -0.15) is 9.98 Å². The number of hydrogen-bond acceptors (Lipinski definition) is 2. The molecule has 0 heterocycles. The molecule has 0 amide bonds. The van der Waals surface area contributed by atoms with Crippen molar-refractivity contribution in [3.63, 3.8) is 0 Å². The standard InChI is InChI=1S/C32H36N10/c1-21-11-3-5-13-23(21)25-15-7-9-17-27(25)41(31(37)39-29(33)34)19-20-42(32(38)40-30(35)36)28-18-10-8-16-26(28)24-14-6-4-12-22(24)2/h3-18H,19-20H2,1-2H3,(H5,33,34,37,39)(H5,35,36,38,40). The SMILES string of the molecule is Cc1ccccc1-c1ccccc1N(CCN(C(=N)N=C(N)N)c1ccccc1-c1ccccc1C)C(=N)N=C(N)N. The first-order valence-corrected chi connectivity index (χ1v) is 13.4. The maximum absolute atomic E-state index is 8.84. The molecule has 214 valence electrons. The molecule has 0 atom stereocenters. The van der Waals surface area contributed by atoms with Gasteiger partial charge in [-0.3, -0.25) is 10.8 Å². The normalized spacial score (nSPS) is 10.4. The Morgan fingerprint density at radius 3 is 1.17 bits per heavy atom. The molecule has 10 heteroatoms. The van der Waals surface area contributed by atoms with Gasteiger partial charge in [0, 0.05) is 24.2 Å². The zero-order valence-electron chi connectivity index (χ0n) is 23.8. The van der Waals surface area contributed by atoms with Crippen molar-refractivity contribution in [3.05, 3.63) is 108 Å². The van der Waals surface area contributed by atoms with Crippen LogP contribution in [-0.2, 0) is 0 Å². The zero-order chi connectivity index (χ0) is 30.2. The van der Waals surface area contributed by atoms with Gasteiger partial charge in [0.15, 0.2) is 11.9 Å². The maximum atomic E-state index is 8.84. The molecule has 0 bridgehead atoms. The highest BCUT2D eigenvalue weighted by molar-refractivity contribution is 6.05. The molecule has 0 radical (unpaired) electrons. The molecule has 0 fully saturated rings. The molecule has 4 rings (SSSR count). The van der Waals surface area contributed by atoms with Crippen LogP contribution in [0.25, 0.3) is 22.3 Å². The molecule has 10 nitrogen and oxygen atoms in total. The summed E-state index contributed by atoms with van der Waals surface area (Å²) >= 11 is 0. The molecule has 0 unspecified atom stereocenters. The summed E-state index contributed by atoms with van der Waals surface area (Å²) in [6.45, 7) is 4.53. The van der Waals surface area contributed by atoms with Crippen LogP contribution in [-0.4, -0.2) is 36.9 Å². The first-order valence-electron chi connectivity index (χ1n) is 13.4. The fourth-order valence-corrected chi connectivity index (χ4v) is 4.87. The summed E-state index contributed by atoms with van der Waals surface area (Å²) in [7, 11) is 0. The lowest BCUT2D eigenvalue weighted by atomic mass is 9.98. The summed E-state index contributed by atoms with van der Waals surface area (Å²) in [5, 5.41) is 17.7. The van der Waals surface area contributed by atoms with Gasteiger partial charge in [-0.25, -0.2) is 0 Å². The number of nitrogens with two attached hydrogens (primary N) is 4. The molecule has 4 aromatic carbocycles. The molecule has 42 heavy (non-hydrogen) atoms. The predicted molar refractivity (Wildman–Crippen MR) is 175 cm³/mol. The van der Waals surface area contributed by atoms with Crippen LogP contribution in [0.15, 0.2) is 107 Å². The third-order valence-electron chi connectivity index (χ3n) is 6.79. The minimum absolute atomic E-state index is 0.142. The van der Waals surface area contributed by atoms with Crippen molar-refractivity contribution < 1.29 is 0 Å². The van der Waals surface area contributed by atoms with Crippen LogP contribution in [0.3, 0.4) is 0 Å². The molecule has 0 aliphatic heterocycles. The van der Waals surface area contributed by atoms with Crippen molar-refractivity contribution in [1.82, 2.24) is 0 Å². The Balaban J connectivity index is 1.82. The van der Waals surface area contributed by atoms with Crippen molar-refractivity contribution in [2.75, 3.05) is 22.9 Å². The lowest BCUT2D eigenvalue weighted by Crippen LogP contribution is -2.42. The number of para-hydroxylation sites is 2. The van der Waals surface area contributed by atoms with Gasteiger partial charge in [-0.1, -0.05) is 84.9 Å². The van der Waals surface area contributed by atoms with E-state index in [0.717, 1.165) is 44.8 Å². The van der Waals surface area contributed by atoms with E-state index in [1.54, 1.807) is 9.80 Å². The van der Waals surface area contributed by atoms with Gasteiger partial charge in [0.05, 0.1) is 11.4 Å². The fraction of sp³-hybridized carbons (Fsp3) is 0.125. The lowest BCUT2D eigenvalue weighted by Gasteiger charge is -2.31. The third-order valence-corrected chi connectivity index (χ3v) is 6.79. The van der Waals surface area contributed by atoms with Crippen LogP contribution in [0.5, 0.6) is 0 Å². The number of benzene rings is 4. The Hall–Kier alpha value is -5.64. The highest BCUT2D eigenvalue weighted by atomic mass is 15.3. The smallest absolute Gasteiger partial charge is 0.225 e. The quantitative estimate of drug-likeness (QED) is 0.144. The molecule has 4 aromatic rings. The van der Waals surface area contributed by atoms with E-state index in [9.17, 15) is 0 Å². The van der Waals surface area contributed by atoms with E-state index in [0.29, 0.717) is 0 Å². The topological polar surface area (TPSA) is 183 Å². The summed E-state index contributed by atoms with van der Waals surface area (Å²) in [5.74, 6) is -0.741. The Kier molecular flexibility index (Phi) is 9.18. The average Bonchev–Trinajstić information content (AvgIpc) is 2.95. The summed E-state index contributed by atoms with van der Waals surface area (Å²) in [5.41, 5.74) is 30.3. The van der Waals surface area contributed by atoms with Crippen molar-refractivity contribution in [1.29, 1.82) is 10.8 Å². The van der Waals surface area contributed by atoms with Crippen LogP contribution < -0.4 is 32.7 Å². The molecular weight excluding hydrogens is 524 g/mol. The van der Waals surface area contributed by atoms with E-state index in [1.807, 2.05) is 111 Å². The van der Waals surface area contributed by atoms with Gasteiger partial charge in [-0.15, -0.1) is 0 Å². The van der Waals surface area contributed by atoms with E-state index < -0.39 is 0 Å². The number of guanidine groups is 4. The van der Waals surface area contributed by atoms with Crippen LogP contribution in [0, 0.1) is 24.7 Å². The average molecular weight is 561 g/mol. The Morgan fingerprint density at radius 2 is 0.833 bits per heavy atom. The Morgan fingerprint density at radius 1 is 0.524 bits per heavy atom. The molecule has 10 N–H and O–H groups in total. The summed E-state index contributed by atoms with van der Waals surface area (Å²) in [4.78, 5) is 11.6. The summed E-state index contributed by atoms with van der Waals surface area (Å²) < 4.78 is 0. The molecule has 0 aliphatic carbocycles. The van der Waals surface area contributed by atoms with E-state index in [-0.39, 0.29) is 36.9 Å². The van der Waals surface area contributed by atoms with E-state index in [1.165, 1.54) is 0 Å². The van der Waals surface area contributed by atoms with E-state index >= 15 is 0 Å². The van der Waals surface area contributed by atoms with Gasteiger partial charge < -0.3 is 32.7 Å². The molecule has 0 saturated carbocycles. The van der Waals surface area contributed by atoms with Crippen LogP contribution in [0.2, 0.25) is 0 Å². The number of nitrogens with one attached hydrogen (secondary N) is 2. The zero-order valence-corrected chi connectivity index (χ0v) is 23.8. The number of anilines is 2. The molecule has 0 aliphatic rings. The Bertz CT molecular complexity index is 1530. The van der Waals surface area contributed by atoms with Crippen molar-refractivity contribution in [2.45, 2.75) is 13.8 Å². The number of hydrogen-bond donors (Lipinski definition) is 6. The van der Waals surface area contributed by atoms with Crippen LogP contribution in [0.4, 0.5) is 11.4 Å². The minimum Gasteiger partial charge on any atom is -0.370 e. The Labute approximate surface area is 246 Å². The second kappa shape index (κ2) is 13.1. The number of aryl methyl sites for hydroxylation is 2. The number of nitrogens with zero attached hydrogens (tertiary/aromatic N) is 4. The lowest BCUT2D eigenvalue weighted by molar-refractivity contribution is 0.899. The van der Waals surface area contributed by atoms with Gasteiger partial charge in [0.2, 0.25) is 11.9 Å². The van der Waals surface area contributed by atoms with Crippen molar-refractivity contribution in [3.8, 4) is 22.3 Å². The highest BCUT2D eigenvalue weighted by Crippen LogP contribution is 2.35. The summed E-state index contributed by atoms with van der Waals surface area (Å²) in [6.07, 6.45) is 0. The first kappa shape index (κ1) is 29.3. The molecular formula is C32H36N10. The number of rotatable bonds is 7. The van der Waals surface area contributed by atoms with Crippen molar-refractivity contribution >= 4 is 35.2 Å². The first-order chi connectivity index (χ1) is 20.2. The van der Waals surface area contributed by atoms with Gasteiger partial charge in [-0.05, 0) is 48.2 Å². The maximum Gasteiger partial charge on any atom is 0.225 e. The van der Waals surface area contributed by atoms with Gasteiger partial charge in [0.1, 0.15) is 0 Å². The predicted octanol–water partition coefficient (Wildman–Crippen LogP) is 4.37. The molecule has 0 saturated heterocycles. The largest absolute Gasteiger partial charge is 0.370 e. The fourth-order valence-electron chi connectivity index (χ4n) is 4.87.